The summed E-state index contributed by atoms with van der Waals surface area (Å²) in [4.78, 5) is 18.7. The van der Waals surface area contributed by atoms with Crippen molar-refractivity contribution in [3.8, 4) is 11.3 Å². The van der Waals surface area contributed by atoms with Gasteiger partial charge in [0.1, 0.15) is 22.8 Å². The van der Waals surface area contributed by atoms with Gasteiger partial charge in [-0.1, -0.05) is 35.0 Å². The van der Waals surface area contributed by atoms with Crippen LogP contribution in [-0.4, -0.2) is 35.2 Å². The number of rotatable bonds is 4. The van der Waals surface area contributed by atoms with Crippen LogP contribution in [-0.2, 0) is 6.18 Å². The highest BCUT2D eigenvalue weighted by Crippen LogP contribution is 2.32. The SMILES string of the molecule is Cc1onc(-c2ccccc2Cl)c1C(=O)NC1CCN(c2ccc(C(F)(F)F)cn2)C1. The number of carbonyl (C=O) groups excluding carboxylic acids is 1. The maximum Gasteiger partial charge on any atom is 0.417 e. The number of aryl methyl sites for hydroxylation is 1. The van der Waals surface area contributed by atoms with Crippen molar-refractivity contribution in [2.45, 2.75) is 25.6 Å². The van der Waals surface area contributed by atoms with Gasteiger partial charge in [-0.05, 0) is 31.5 Å². The number of pyridine rings is 1. The van der Waals surface area contributed by atoms with Gasteiger partial charge in [0.15, 0.2) is 0 Å². The molecule has 0 saturated carbocycles. The van der Waals surface area contributed by atoms with Crippen LogP contribution >= 0.6 is 11.6 Å². The highest BCUT2D eigenvalue weighted by atomic mass is 35.5. The molecule has 3 heterocycles. The average Bonchev–Trinajstić information content (AvgIpc) is 3.34. The summed E-state index contributed by atoms with van der Waals surface area (Å²) in [6.07, 6.45) is -2.99. The predicted molar refractivity (Wildman–Crippen MR) is 109 cm³/mol. The van der Waals surface area contributed by atoms with Gasteiger partial charge in [0.25, 0.3) is 5.91 Å². The number of aromatic nitrogens is 2. The fourth-order valence-electron chi connectivity index (χ4n) is 3.56. The van der Waals surface area contributed by atoms with E-state index in [1.807, 2.05) is 4.90 Å². The number of carbonyl (C=O) groups is 1. The normalized spacial score (nSPS) is 16.5. The van der Waals surface area contributed by atoms with E-state index in [2.05, 4.69) is 15.5 Å². The van der Waals surface area contributed by atoms with E-state index in [0.29, 0.717) is 52.9 Å². The zero-order valence-corrected chi connectivity index (χ0v) is 17.2. The van der Waals surface area contributed by atoms with Crippen LogP contribution in [0.3, 0.4) is 0 Å². The van der Waals surface area contributed by atoms with Gasteiger partial charge < -0.3 is 14.7 Å². The molecule has 1 amide bonds. The first-order valence-corrected chi connectivity index (χ1v) is 9.92. The predicted octanol–water partition coefficient (Wildman–Crippen LogP) is 4.73. The molecule has 1 aromatic carbocycles. The molecule has 0 spiro atoms. The van der Waals surface area contributed by atoms with Crippen molar-refractivity contribution in [2.75, 3.05) is 18.0 Å². The first-order valence-electron chi connectivity index (χ1n) is 9.54. The summed E-state index contributed by atoms with van der Waals surface area (Å²) >= 11 is 6.24. The molecule has 162 valence electrons. The van der Waals surface area contributed by atoms with Crippen LogP contribution in [0.2, 0.25) is 5.02 Å². The number of anilines is 1. The summed E-state index contributed by atoms with van der Waals surface area (Å²) in [6, 6.07) is 9.17. The fourth-order valence-corrected chi connectivity index (χ4v) is 3.79. The van der Waals surface area contributed by atoms with E-state index in [0.717, 1.165) is 12.3 Å². The number of amides is 1. The van der Waals surface area contributed by atoms with Crippen LogP contribution in [0.25, 0.3) is 11.3 Å². The Morgan fingerprint density at radius 1 is 1.26 bits per heavy atom. The summed E-state index contributed by atoms with van der Waals surface area (Å²) in [5, 5.41) is 7.41. The molecule has 1 N–H and O–H groups in total. The molecule has 6 nitrogen and oxygen atoms in total. The van der Waals surface area contributed by atoms with Crippen molar-refractivity contribution in [2.24, 2.45) is 0 Å². The first-order chi connectivity index (χ1) is 14.7. The van der Waals surface area contributed by atoms with Crippen LogP contribution < -0.4 is 10.2 Å². The minimum atomic E-state index is -4.43. The number of hydrogen-bond acceptors (Lipinski definition) is 5. The Bertz CT molecular complexity index is 1100. The second kappa shape index (κ2) is 8.22. The van der Waals surface area contributed by atoms with E-state index in [4.69, 9.17) is 16.1 Å². The number of halogens is 4. The molecule has 1 unspecified atom stereocenters. The standard InChI is InChI=1S/C21H18ClF3N4O2/c1-12-18(19(28-31-12)15-4-2-3-5-16(15)22)20(30)27-14-8-9-29(11-14)17-7-6-13(10-26-17)21(23,24)25/h2-7,10,14H,8-9,11H2,1H3,(H,27,30). The molecule has 0 bridgehead atoms. The lowest BCUT2D eigenvalue weighted by atomic mass is 10.1. The van der Waals surface area contributed by atoms with Gasteiger partial charge in [-0.2, -0.15) is 13.2 Å². The second-order valence-electron chi connectivity index (χ2n) is 7.25. The van der Waals surface area contributed by atoms with E-state index >= 15 is 0 Å². The fraction of sp³-hybridized carbons (Fsp3) is 0.286. The molecule has 0 radical (unpaired) electrons. The monoisotopic (exact) mass is 450 g/mol. The highest BCUT2D eigenvalue weighted by molar-refractivity contribution is 6.33. The molecule has 0 aliphatic carbocycles. The molecule has 1 aliphatic heterocycles. The summed E-state index contributed by atoms with van der Waals surface area (Å²) in [5.74, 6) is 0.454. The Morgan fingerprint density at radius 2 is 2.03 bits per heavy atom. The minimum Gasteiger partial charge on any atom is -0.360 e. The van der Waals surface area contributed by atoms with Gasteiger partial charge in [-0.25, -0.2) is 4.98 Å². The topological polar surface area (TPSA) is 71.3 Å². The van der Waals surface area contributed by atoms with Crippen LogP contribution in [0.5, 0.6) is 0 Å². The smallest absolute Gasteiger partial charge is 0.360 e. The van der Waals surface area contributed by atoms with Gasteiger partial charge in [-0.15, -0.1) is 0 Å². The zero-order chi connectivity index (χ0) is 22.2. The van der Waals surface area contributed by atoms with Gasteiger partial charge >= 0.3 is 6.18 Å². The second-order valence-corrected chi connectivity index (χ2v) is 7.66. The third-order valence-corrected chi connectivity index (χ3v) is 5.47. The van der Waals surface area contributed by atoms with Gasteiger partial charge in [-0.3, -0.25) is 4.79 Å². The van der Waals surface area contributed by atoms with Crippen molar-refractivity contribution in [1.29, 1.82) is 0 Å². The van der Waals surface area contributed by atoms with E-state index < -0.39 is 11.7 Å². The lowest BCUT2D eigenvalue weighted by Crippen LogP contribution is -2.37. The lowest BCUT2D eigenvalue weighted by molar-refractivity contribution is -0.137. The Kier molecular flexibility index (Phi) is 5.62. The number of nitrogens with one attached hydrogen (secondary N) is 1. The maximum atomic E-state index is 13.0. The van der Waals surface area contributed by atoms with Crippen LogP contribution in [0.4, 0.5) is 19.0 Å². The minimum absolute atomic E-state index is 0.204. The molecule has 1 atom stereocenters. The Balaban J connectivity index is 1.46. The summed E-state index contributed by atoms with van der Waals surface area (Å²) < 4.78 is 43.4. The third kappa shape index (κ3) is 4.36. The van der Waals surface area contributed by atoms with E-state index in [-0.39, 0.29) is 11.9 Å². The van der Waals surface area contributed by atoms with Crippen LogP contribution in [0, 0.1) is 6.92 Å². The zero-order valence-electron chi connectivity index (χ0n) is 16.4. The first kappa shape index (κ1) is 21.2. The molecule has 1 aliphatic rings. The summed E-state index contributed by atoms with van der Waals surface area (Å²) in [7, 11) is 0. The van der Waals surface area contributed by atoms with Crippen molar-refractivity contribution in [1.82, 2.24) is 15.5 Å². The number of nitrogens with zero attached hydrogens (tertiary/aromatic N) is 3. The molecule has 1 fully saturated rings. The largest absolute Gasteiger partial charge is 0.417 e. The number of benzene rings is 1. The van der Waals surface area contributed by atoms with Crippen molar-refractivity contribution in [3.05, 3.63) is 64.5 Å². The lowest BCUT2D eigenvalue weighted by Gasteiger charge is -2.18. The number of hydrogen-bond donors (Lipinski definition) is 1. The van der Waals surface area contributed by atoms with E-state index in [1.165, 1.54) is 6.07 Å². The molecule has 3 aromatic rings. The molecule has 1 saturated heterocycles. The van der Waals surface area contributed by atoms with Gasteiger partial charge in [0.2, 0.25) is 0 Å². The number of alkyl halides is 3. The van der Waals surface area contributed by atoms with Gasteiger partial charge in [0.05, 0.1) is 10.6 Å². The van der Waals surface area contributed by atoms with Crippen molar-refractivity contribution >= 4 is 23.3 Å². The molecule has 31 heavy (non-hydrogen) atoms. The molecule has 4 rings (SSSR count). The molecule has 2 aromatic heterocycles. The van der Waals surface area contributed by atoms with E-state index in [1.54, 1.807) is 31.2 Å². The summed E-state index contributed by atoms with van der Waals surface area (Å²) in [5.41, 5.74) is 0.461. The van der Waals surface area contributed by atoms with Crippen LogP contribution in [0.1, 0.15) is 28.1 Å². The van der Waals surface area contributed by atoms with E-state index in [9.17, 15) is 18.0 Å². The Hall–Kier alpha value is -3.07. The van der Waals surface area contributed by atoms with Crippen molar-refractivity contribution in [3.63, 3.8) is 0 Å². The Labute approximate surface area is 181 Å². The highest BCUT2D eigenvalue weighted by Gasteiger charge is 2.32. The van der Waals surface area contributed by atoms with Crippen LogP contribution in [0.15, 0.2) is 47.1 Å². The van der Waals surface area contributed by atoms with Crippen molar-refractivity contribution < 1.29 is 22.5 Å². The maximum absolute atomic E-state index is 13.0. The molecular weight excluding hydrogens is 433 g/mol. The molecule has 10 heteroatoms. The Morgan fingerprint density at radius 3 is 2.71 bits per heavy atom. The average molecular weight is 451 g/mol. The molecular formula is C21H18ClF3N4O2. The van der Waals surface area contributed by atoms with Gasteiger partial charge in [0, 0.05) is 30.9 Å². The summed E-state index contributed by atoms with van der Waals surface area (Å²) in [6.45, 7) is 2.63. The third-order valence-electron chi connectivity index (χ3n) is 5.14. The quantitative estimate of drug-likeness (QED) is 0.622.